The number of nitro groups is 1. The molecule has 2 fully saturated rings. The highest BCUT2D eigenvalue weighted by molar-refractivity contribution is 5.95. The van der Waals surface area contributed by atoms with Gasteiger partial charge in [-0.1, -0.05) is 13.8 Å². The molecule has 0 aromatic heterocycles. The summed E-state index contributed by atoms with van der Waals surface area (Å²) in [4.78, 5) is 25.7. The van der Waals surface area contributed by atoms with Gasteiger partial charge in [-0.2, -0.15) is 0 Å². The van der Waals surface area contributed by atoms with E-state index in [-0.39, 0.29) is 23.3 Å². The van der Waals surface area contributed by atoms with Crippen molar-refractivity contribution in [1.82, 2.24) is 5.32 Å². The highest BCUT2D eigenvalue weighted by Crippen LogP contribution is 2.33. The minimum absolute atomic E-state index is 0.0267. The molecule has 2 heterocycles. The quantitative estimate of drug-likeness (QED) is 0.625. The topological polar surface area (TPSA) is 93.9 Å². The lowest BCUT2D eigenvalue weighted by Crippen LogP contribution is -2.40. The van der Waals surface area contributed by atoms with E-state index in [9.17, 15) is 14.9 Å². The van der Waals surface area contributed by atoms with Gasteiger partial charge in [-0.3, -0.25) is 14.9 Å². The first kappa shape index (κ1) is 19.6. The molecule has 1 aromatic carbocycles. The van der Waals surface area contributed by atoms with Crippen LogP contribution >= 0.6 is 0 Å². The molecule has 0 radical (unpaired) electrons. The van der Waals surface area contributed by atoms with Gasteiger partial charge in [0, 0.05) is 31.3 Å². The third-order valence-corrected chi connectivity index (χ3v) is 5.02. The number of amides is 1. The van der Waals surface area contributed by atoms with Gasteiger partial charge in [-0.05, 0) is 30.4 Å². The minimum atomic E-state index is -0.409. The number of rotatable bonds is 5. The maximum Gasteiger partial charge on any atom is 0.293 e. The van der Waals surface area contributed by atoms with Gasteiger partial charge in [0.25, 0.3) is 11.6 Å². The fraction of sp³-hybridized carbons (Fsp3) is 0.632. The van der Waals surface area contributed by atoms with Crippen LogP contribution in [0.2, 0.25) is 0 Å². The summed E-state index contributed by atoms with van der Waals surface area (Å²) in [6.45, 7) is 7.71. The zero-order valence-electron chi connectivity index (χ0n) is 15.8. The number of carbonyl (C=O) groups excluding carboxylic acids is 1. The number of nitro benzene ring substituents is 1. The highest BCUT2D eigenvalue weighted by Gasteiger charge is 2.28. The average Bonchev–Trinajstić information content (AvgIpc) is 2.65. The van der Waals surface area contributed by atoms with E-state index in [1.165, 1.54) is 6.07 Å². The number of hydrogen-bond donors (Lipinski definition) is 1. The van der Waals surface area contributed by atoms with Crippen molar-refractivity contribution in [3.63, 3.8) is 0 Å². The molecule has 1 aromatic rings. The monoisotopic (exact) mass is 377 g/mol. The van der Waals surface area contributed by atoms with Crippen molar-refractivity contribution in [3.05, 3.63) is 33.9 Å². The molecule has 148 valence electrons. The first-order valence-electron chi connectivity index (χ1n) is 9.45. The molecule has 8 heteroatoms. The van der Waals surface area contributed by atoms with Crippen molar-refractivity contribution in [3.8, 4) is 0 Å². The molecule has 0 spiro atoms. The Hall–Kier alpha value is -2.19. The third kappa shape index (κ3) is 4.95. The number of ether oxygens (including phenoxy) is 2. The second-order valence-corrected chi connectivity index (χ2v) is 7.59. The smallest absolute Gasteiger partial charge is 0.293 e. The first-order chi connectivity index (χ1) is 12.9. The Kier molecular flexibility index (Phi) is 6.28. The lowest BCUT2D eigenvalue weighted by molar-refractivity contribution is -0.384. The second-order valence-electron chi connectivity index (χ2n) is 7.59. The summed E-state index contributed by atoms with van der Waals surface area (Å²) < 4.78 is 10.8. The molecule has 0 saturated carbocycles. The van der Waals surface area contributed by atoms with Gasteiger partial charge >= 0.3 is 0 Å². The normalized spacial score (nSPS) is 25.9. The van der Waals surface area contributed by atoms with Crippen LogP contribution in [0.3, 0.4) is 0 Å². The van der Waals surface area contributed by atoms with Crippen molar-refractivity contribution in [1.29, 1.82) is 0 Å². The van der Waals surface area contributed by atoms with Crippen LogP contribution in [-0.2, 0) is 9.47 Å². The summed E-state index contributed by atoms with van der Waals surface area (Å²) in [7, 11) is 0. The van der Waals surface area contributed by atoms with Crippen LogP contribution in [-0.4, -0.2) is 56.4 Å². The van der Waals surface area contributed by atoms with Crippen LogP contribution < -0.4 is 10.2 Å². The van der Waals surface area contributed by atoms with Crippen LogP contribution in [0.5, 0.6) is 0 Å². The SMILES string of the molecule is C[C@@H]1C[C@@H](C)CN(c2ccc(C(=O)NC[C@@H]3COCCO3)cc2[N+](=O)[O-])C1. The number of piperidine rings is 1. The van der Waals surface area contributed by atoms with Crippen molar-refractivity contribution in [2.45, 2.75) is 26.4 Å². The van der Waals surface area contributed by atoms with Crippen molar-refractivity contribution >= 4 is 17.3 Å². The molecule has 0 aliphatic carbocycles. The Morgan fingerprint density at radius 1 is 1.30 bits per heavy atom. The minimum Gasteiger partial charge on any atom is -0.376 e. The molecule has 27 heavy (non-hydrogen) atoms. The Labute approximate surface area is 159 Å². The van der Waals surface area contributed by atoms with Crippen LogP contribution in [0.25, 0.3) is 0 Å². The van der Waals surface area contributed by atoms with E-state index in [4.69, 9.17) is 9.47 Å². The van der Waals surface area contributed by atoms with Gasteiger partial charge in [-0.25, -0.2) is 0 Å². The Balaban J connectivity index is 1.72. The lowest BCUT2D eigenvalue weighted by Gasteiger charge is -2.36. The molecule has 0 unspecified atom stereocenters. The number of nitrogens with one attached hydrogen (secondary N) is 1. The molecule has 2 aliphatic rings. The summed E-state index contributed by atoms with van der Waals surface area (Å²) in [6, 6.07) is 4.71. The van der Waals surface area contributed by atoms with Crippen LogP contribution in [0, 0.1) is 22.0 Å². The molecule has 1 amide bonds. The van der Waals surface area contributed by atoms with Crippen LogP contribution in [0.15, 0.2) is 18.2 Å². The molecule has 3 rings (SSSR count). The Morgan fingerprint density at radius 3 is 2.67 bits per heavy atom. The number of anilines is 1. The van der Waals surface area contributed by atoms with E-state index >= 15 is 0 Å². The number of nitrogens with zero attached hydrogens (tertiary/aromatic N) is 2. The van der Waals surface area contributed by atoms with Gasteiger partial charge in [-0.15, -0.1) is 0 Å². The summed E-state index contributed by atoms with van der Waals surface area (Å²) in [5, 5.41) is 14.4. The Bertz CT molecular complexity index is 680. The second kappa shape index (κ2) is 8.67. The summed E-state index contributed by atoms with van der Waals surface area (Å²) in [5.74, 6) is 0.613. The average molecular weight is 377 g/mol. The predicted octanol–water partition coefficient (Wildman–Crippen LogP) is 2.22. The molecule has 1 N–H and O–H groups in total. The van der Waals surface area contributed by atoms with Crippen molar-refractivity contribution in [2.75, 3.05) is 44.4 Å². The maximum atomic E-state index is 12.4. The van der Waals surface area contributed by atoms with E-state index in [2.05, 4.69) is 24.1 Å². The lowest BCUT2D eigenvalue weighted by atomic mass is 9.91. The van der Waals surface area contributed by atoms with Gasteiger partial charge < -0.3 is 19.7 Å². The van der Waals surface area contributed by atoms with Crippen LogP contribution in [0.1, 0.15) is 30.6 Å². The summed E-state index contributed by atoms with van der Waals surface area (Å²) in [6.07, 6.45) is 0.936. The summed E-state index contributed by atoms with van der Waals surface area (Å²) >= 11 is 0. The Morgan fingerprint density at radius 2 is 2.04 bits per heavy atom. The number of carbonyl (C=O) groups is 1. The zero-order valence-corrected chi connectivity index (χ0v) is 15.8. The van der Waals surface area contributed by atoms with Gasteiger partial charge in [0.2, 0.25) is 0 Å². The van der Waals surface area contributed by atoms with E-state index in [1.807, 2.05) is 0 Å². The molecular weight excluding hydrogens is 350 g/mol. The molecule has 0 bridgehead atoms. The highest BCUT2D eigenvalue weighted by atomic mass is 16.6. The van der Waals surface area contributed by atoms with Crippen LogP contribution in [0.4, 0.5) is 11.4 Å². The van der Waals surface area contributed by atoms with Gasteiger partial charge in [0.05, 0.1) is 30.8 Å². The van der Waals surface area contributed by atoms with E-state index in [0.29, 0.717) is 43.9 Å². The number of benzene rings is 1. The summed E-state index contributed by atoms with van der Waals surface area (Å²) in [5.41, 5.74) is 0.834. The van der Waals surface area contributed by atoms with Crippen molar-refractivity contribution in [2.24, 2.45) is 11.8 Å². The van der Waals surface area contributed by atoms with Crippen molar-refractivity contribution < 1.29 is 19.2 Å². The first-order valence-corrected chi connectivity index (χ1v) is 9.45. The van der Waals surface area contributed by atoms with E-state index < -0.39 is 4.92 Å². The number of hydrogen-bond acceptors (Lipinski definition) is 6. The molecular formula is C19H27N3O5. The largest absolute Gasteiger partial charge is 0.376 e. The third-order valence-electron chi connectivity index (χ3n) is 5.02. The fourth-order valence-corrected chi connectivity index (χ4v) is 3.90. The standard InChI is InChI=1S/C19H27N3O5/c1-13-7-14(2)11-21(10-13)17-4-3-15(8-18(17)22(24)25)19(23)20-9-16-12-26-5-6-27-16/h3-4,8,13-14,16H,5-7,9-12H2,1-2H3,(H,20,23)/t13-,14-,16-/m1/s1. The molecule has 2 aliphatic heterocycles. The van der Waals surface area contributed by atoms with E-state index in [1.54, 1.807) is 12.1 Å². The molecule has 3 atom stereocenters. The predicted molar refractivity (Wildman–Crippen MR) is 101 cm³/mol. The van der Waals surface area contributed by atoms with Gasteiger partial charge in [0.1, 0.15) is 5.69 Å². The van der Waals surface area contributed by atoms with Gasteiger partial charge in [0.15, 0.2) is 0 Å². The zero-order chi connectivity index (χ0) is 19.4. The fourth-order valence-electron chi connectivity index (χ4n) is 3.90. The molecule has 8 nitrogen and oxygen atoms in total. The maximum absolute atomic E-state index is 12.4. The molecule has 2 saturated heterocycles. The van der Waals surface area contributed by atoms with E-state index in [0.717, 1.165) is 19.5 Å².